The van der Waals surface area contributed by atoms with Gasteiger partial charge in [0.15, 0.2) is 0 Å². The van der Waals surface area contributed by atoms with Crippen LogP contribution in [0.1, 0.15) is 26.4 Å². The molecule has 0 aliphatic carbocycles. The molecule has 0 saturated carbocycles. The van der Waals surface area contributed by atoms with E-state index in [4.69, 9.17) is 10.00 Å². The van der Waals surface area contributed by atoms with Gasteiger partial charge >= 0.3 is 5.97 Å². The number of nitrogens with zero attached hydrogens (tertiary/aromatic N) is 3. The molecule has 8 heteroatoms. The molecule has 0 unspecified atom stereocenters. The molecule has 0 saturated heterocycles. The van der Waals surface area contributed by atoms with Crippen molar-refractivity contribution in [1.29, 1.82) is 5.26 Å². The summed E-state index contributed by atoms with van der Waals surface area (Å²) in [5.41, 5.74) is 2.16. The van der Waals surface area contributed by atoms with Crippen LogP contribution >= 0.6 is 0 Å². The van der Waals surface area contributed by atoms with Crippen molar-refractivity contribution in [3.05, 3.63) is 77.6 Å². The average Bonchev–Trinajstić information content (AvgIpc) is 2.74. The molecule has 0 aliphatic heterocycles. The molecule has 1 heterocycles. The topological polar surface area (TPSA) is 117 Å². The molecule has 3 aromatic rings. The van der Waals surface area contributed by atoms with Gasteiger partial charge in [-0.1, -0.05) is 6.07 Å². The van der Waals surface area contributed by atoms with Crippen LogP contribution in [0.15, 0.2) is 60.8 Å². The predicted molar refractivity (Wildman–Crippen MR) is 102 cm³/mol. The van der Waals surface area contributed by atoms with Gasteiger partial charge < -0.3 is 15.4 Å². The number of carbonyl (C=O) groups is 2. The van der Waals surface area contributed by atoms with E-state index >= 15 is 0 Å². The summed E-state index contributed by atoms with van der Waals surface area (Å²) in [4.78, 5) is 32.3. The van der Waals surface area contributed by atoms with Crippen LogP contribution in [-0.2, 0) is 4.74 Å². The van der Waals surface area contributed by atoms with Gasteiger partial charge in [-0.3, -0.25) is 4.79 Å². The SMILES string of the molecule is COC(=O)c1cccc(Nc2nccc(C(=O)Nc3ccc(C#N)cc3)n2)c1. The fraction of sp³-hybridized carbons (Fsp3) is 0.0500. The molecule has 2 N–H and O–H groups in total. The number of hydrogen-bond acceptors (Lipinski definition) is 7. The molecule has 0 fully saturated rings. The third-order valence-corrected chi connectivity index (χ3v) is 3.70. The number of ether oxygens (including phenoxy) is 1. The van der Waals surface area contributed by atoms with Crippen molar-refractivity contribution < 1.29 is 14.3 Å². The van der Waals surface area contributed by atoms with E-state index in [1.54, 1.807) is 48.5 Å². The zero-order chi connectivity index (χ0) is 19.9. The Morgan fingerprint density at radius 1 is 1.07 bits per heavy atom. The van der Waals surface area contributed by atoms with Crippen molar-refractivity contribution in [2.75, 3.05) is 17.7 Å². The number of aromatic nitrogens is 2. The first-order valence-electron chi connectivity index (χ1n) is 8.19. The first kappa shape index (κ1) is 18.5. The van der Waals surface area contributed by atoms with Gasteiger partial charge in [-0.2, -0.15) is 5.26 Å². The Bertz CT molecular complexity index is 1060. The van der Waals surface area contributed by atoms with Gasteiger partial charge in [-0.25, -0.2) is 14.8 Å². The zero-order valence-corrected chi connectivity index (χ0v) is 14.8. The molecule has 3 rings (SSSR count). The molecule has 0 bridgehead atoms. The Morgan fingerprint density at radius 3 is 2.57 bits per heavy atom. The number of anilines is 3. The summed E-state index contributed by atoms with van der Waals surface area (Å²) in [5, 5.41) is 14.5. The van der Waals surface area contributed by atoms with E-state index in [0.29, 0.717) is 22.5 Å². The first-order chi connectivity index (χ1) is 13.6. The van der Waals surface area contributed by atoms with Crippen molar-refractivity contribution >= 4 is 29.2 Å². The smallest absolute Gasteiger partial charge is 0.337 e. The van der Waals surface area contributed by atoms with Crippen molar-refractivity contribution in [3.63, 3.8) is 0 Å². The third-order valence-electron chi connectivity index (χ3n) is 3.70. The van der Waals surface area contributed by atoms with Crippen LogP contribution in [0.3, 0.4) is 0 Å². The summed E-state index contributed by atoms with van der Waals surface area (Å²) in [6.07, 6.45) is 1.45. The molecule has 0 atom stereocenters. The highest BCUT2D eigenvalue weighted by Gasteiger charge is 2.11. The lowest BCUT2D eigenvalue weighted by atomic mass is 10.2. The molecule has 8 nitrogen and oxygen atoms in total. The molecule has 1 aromatic heterocycles. The molecule has 2 aromatic carbocycles. The molecule has 0 aliphatic rings. The van der Waals surface area contributed by atoms with Crippen molar-refractivity contribution in [3.8, 4) is 6.07 Å². The van der Waals surface area contributed by atoms with Gasteiger partial charge in [-0.15, -0.1) is 0 Å². The van der Waals surface area contributed by atoms with E-state index in [2.05, 4.69) is 20.6 Å². The van der Waals surface area contributed by atoms with Gasteiger partial charge in [0.25, 0.3) is 5.91 Å². The van der Waals surface area contributed by atoms with Crippen LogP contribution in [-0.4, -0.2) is 29.0 Å². The van der Waals surface area contributed by atoms with Crippen LogP contribution in [0.25, 0.3) is 0 Å². The minimum atomic E-state index is -0.458. The fourth-order valence-corrected chi connectivity index (χ4v) is 2.34. The summed E-state index contributed by atoms with van der Waals surface area (Å²) in [6.45, 7) is 0. The maximum absolute atomic E-state index is 12.4. The van der Waals surface area contributed by atoms with E-state index < -0.39 is 11.9 Å². The Labute approximate surface area is 160 Å². The largest absolute Gasteiger partial charge is 0.465 e. The van der Waals surface area contributed by atoms with Crippen molar-refractivity contribution in [2.24, 2.45) is 0 Å². The Hall–Kier alpha value is -4.25. The lowest BCUT2D eigenvalue weighted by molar-refractivity contribution is 0.0600. The van der Waals surface area contributed by atoms with Gasteiger partial charge in [0, 0.05) is 17.6 Å². The van der Waals surface area contributed by atoms with Crippen LogP contribution in [0.4, 0.5) is 17.3 Å². The summed E-state index contributed by atoms with van der Waals surface area (Å²) in [5.74, 6) is -0.673. The first-order valence-corrected chi connectivity index (χ1v) is 8.19. The van der Waals surface area contributed by atoms with E-state index in [9.17, 15) is 9.59 Å². The van der Waals surface area contributed by atoms with E-state index in [0.717, 1.165) is 0 Å². The highest BCUT2D eigenvalue weighted by Crippen LogP contribution is 2.16. The van der Waals surface area contributed by atoms with E-state index in [1.807, 2.05) is 6.07 Å². The highest BCUT2D eigenvalue weighted by atomic mass is 16.5. The number of carbonyl (C=O) groups excluding carboxylic acids is 2. The maximum atomic E-state index is 12.4. The summed E-state index contributed by atoms with van der Waals surface area (Å²) in [7, 11) is 1.31. The summed E-state index contributed by atoms with van der Waals surface area (Å²) < 4.78 is 4.69. The van der Waals surface area contributed by atoms with Crippen molar-refractivity contribution in [1.82, 2.24) is 9.97 Å². The molecule has 138 valence electrons. The standard InChI is InChI=1S/C20H15N5O3/c1-28-19(27)14-3-2-4-16(11-14)24-20-22-10-9-17(25-20)18(26)23-15-7-5-13(12-21)6-8-15/h2-11H,1H3,(H,23,26)(H,22,24,25). The summed E-state index contributed by atoms with van der Waals surface area (Å²) in [6, 6.07) is 16.6. The van der Waals surface area contributed by atoms with Crippen molar-refractivity contribution in [2.45, 2.75) is 0 Å². The number of rotatable bonds is 5. The lowest BCUT2D eigenvalue weighted by Crippen LogP contribution is -2.14. The van der Waals surface area contributed by atoms with Crippen LogP contribution < -0.4 is 10.6 Å². The Morgan fingerprint density at radius 2 is 1.86 bits per heavy atom. The van der Waals surface area contributed by atoms with Gasteiger partial charge in [0.2, 0.25) is 5.95 Å². The van der Waals surface area contributed by atoms with Crippen LogP contribution in [0, 0.1) is 11.3 Å². The average molecular weight is 373 g/mol. The fourth-order valence-electron chi connectivity index (χ4n) is 2.34. The Kier molecular flexibility index (Phi) is 5.58. The lowest BCUT2D eigenvalue weighted by Gasteiger charge is -2.08. The number of methoxy groups -OCH3 is 1. The van der Waals surface area contributed by atoms with Gasteiger partial charge in [0.05, 0.1) is 24.3 Å². The molecular formula is C20H15N5O3. The minimum absolute atomic E-state index is 0.158. The van der Waals surface area contributed by atoms with E-state index in [1.165, 1.54) is 19.4 Å². The number of esters is 1. The molecular weight excluding hydrogens is 358 g/mol. The zero-order valence-electron chi connectivity index (χ0n) is 14.8. The number of nitrogens with one attached hydrogen (secondary N) is 2. The monoisotopic (exact) mass is 373 g/mol. The molecule has 28 heavy (non-hydrogen) atoms. The minimum Gasteiger partial charge on any atom is -0.465 e. The predicted octanol–water partition coefficient (Wildman–Crippen LogP) is 3.13. The second-order valence-corrected chi connectivity index (χ2v) is 5.61. The third kappa shape index (κ3) is 4.47. The second kappa shape index (κ2) is 8.42. The molecule has 1 amide bonds. The molecule has 0 spiro atoms. The van der Waals surface area contributed by atoms with Crippen LogP contribution in [0.5, 0.6) is 0 Å². The number of benzene rings is 2. The number of hydrogen-bond donors (Lipinski definition) is 2. The van der Waals surface area contributed by atoms with Crippen LogP contribution in [0.2, 0.25) is 0 Å². The number of nitriles is 1. The second-order valence-electron chi connectivity index (χ2n) is 5.61. The highest BCUT2D eigenvalue weighted by molar-refractivity contribution is 6.03. The normalized spacial score (nSPS) is 9.86. The maximum Gasteiger partial charge on any atom is 0.337 e. The van der Waals surface area contributed by atoms with E-state index in [-0.39, 0.29) is 11.6 Å². The van der Waals surface area contributed by atoms with Gasteiger partial charge in [0.1, 0.15) is 5.69 Å². The quantitative estimate of drug-likeness (QED) is 0.660. The number of amides is 1. The molecule has 0 radical (unpaired) electrons. The Balaban J connectivity index is 1.74. The summed E-state index contributed by atoms with van der Waals surface area (Å²) >= 11 is 0. The van der Waals surface area contributed by atoms with Gasteiger partial charge in [-0.05, 0) is 48.5 Å².